The van der Waals surface area contributed by atoms with Gasteiger partial charge in [-0.15, -0.1) is 0 Å². The Morgan fingerprint density at radius 1 is 1.03 bits per heavy atom. The summed E-state index contributed by atoms with van der Waals surface area (Å²) < 4.78 is 28.8. The molecule has 2 saturated heterocycles. The van der Waals surface area contributed by atoms with Gasteiger partial charge in [0.2, 0.25) is 5.91 Å². The van der Waals surface area contributed by atoms with E-state index >= 15 is 0 Å². The number of anilines is 1. The topological polar surface area (TPSA) is 78.7 Å². The van der Waals surface area contributed by atoms with Gasteiger partial charge >= 0.3 is 0 Å². The molecule has 0 saturated carbocycles. The number of hydrogen-bond acceptors (Lipinski definition) is 4. The molecule has 194 valence electrons. The molecular weight excluding hydrogens is 462 g/mol. The van der Waals surface area contributed by atoms with Crippen molar-refractivity contribution < 1.29 is 18.4 Å². The maximum Gasteiger partial charge on any atom is 0.257 e. The Morgan fingerprint density at radius 2 is 1.69 bits per heavy atom. The van der Waals surface area contributed by atoms with Crippen molar-refractivity contribution in [3.63, 3.8) is 0 Å². The predicted octanol–water partition coefficient (Wildman–Crippen LogP) is 4.45. The molecule has 0 unspecified atom stereocenters. The second-order valence-corrected chi connectivity index (χ2v) is 10.7. The highest BCUT2D eigenvalue weighted by atomic mass is 19.1. The lowest BCUT2D eigenvalue weighted by molar-refractivity contribution is -0.121. The second-order valence-electron chi connectivity index (χ2n) is 10.7. The highest BCUT2D eigenvalue weighted by Gasteiger charge is 2.34. The van der Waals surface area contributed by atoms with Crippen LogP contribution in [0.3, 0.4) is 0 Å². The molecule has 2 aromatic rings. The first-order chi connectivity index (χ1) is 17.1. The van der Waals surface area contributed by atoms with Gasteiger partial charge in [0.1, 0.15) is 17.5 Å². The maximum atomic E-state index is 14.9. The van der Waals surface area contributed by atoms with Gasteiger partial charge in [-0.25, -0.2) is 8.78 Å². The third-order valence-electron chi connectivity index (χ3n) is 7.16. The first kappa shape index (κ1) is 26.1. The van der Waals surface area contributed by atoms with E-state index in [1.54, 1.807) is 19.9 Å². The largest absolute Gasteiger partial charge is 0.385 e. The third kappa shape index (κ3) is 6.40. The van der Waals surface area contributed by atoms with Gasteiger partial charge in [0.15, 0.2) is 0 Å². The Hall–Kier alpha value is -3.00. The first-order valence-corrected chi connectivity index (χ1v) is 12.8. The summed E-state index contributed by atoms with van der Waals surface area (Å²) in [5.74, 6) is -1.12. The number of rotatable bonds is 8. The lowest BCUT2D eigenvalue weighted by Gasteiger charge is -2.34. The van der Waals surface area contributed by atoms with Gasteiger partial charge in [-0.1, -0.05) is 18.2 Å². The second kappa shape index (κ2) is 10.9. The van der Waals surface area contributed by atoms with Crippen LogP contribution in [-0.2, 0) is 4.79 Å². The third-order valence-corrected chi connectivity index (χ3v) is 7.16. The van der Waals surface area contributed by atoms with Gasteiger partial charge in [-0.2, -0.15) is 0 Å². The summed E-state index contributed by atoms with van der Waals surface area (Å²) >= 11 is 0. The van der Waals surface area contributed by atoms with Crippen molar-refractivity contribution in [1.29, 1.82) is 0 Å². The van der Waals surface area contributed by atoms with E-state index in [0.717, 1.165) is 43.7 Å². The average Bonchev–Trinajstić information content (AvgIpc) is 3.33. The molecule has 2 aromatic carbocycles. The number of carbonyl (C=O) groups is 2. The van der Waals surface area contributed by atoms with E-state index in [1.165, 1.54) is 17.0 Å². The lowest BCUT2D eigenvalue weighted by Crippen LogP contribution is -2.43. The van der Waals surface area contributed by atoms with Crippen LogP contribution >= 0.6 is 0 Å². The Kier molecular flexibility index (Phi) is 7.93. The predicted molar refractivity (Wildman–Crippen MR) is 138 cm³/mol. The van der Waals surface area contributed by atoms with E-state index < -0.39 is 29.3 Å². The van der Waals surface area contributed by atoms with Crippen LogP contribution in [0.25, 0.3) is 11.1 Å². The van der Waals surface area contributed by atoms with E-state index in [0.29, 0.717) is 37.4 Å². The number of halogens is 2. The molecule has 2 aliphatic heterocycles. The van der Waals surface area contributed by atoms with Crippen LogP contribution in [0.5, 0.6) is 0 Å². The molecule has 6 nitrogen and oxygen atoms in total. The molecule has 2 aliphatic rings. The van der Waals surface area contributed by atoms with Crippen LogP contribution in [0.4, 0.5) is 14.5 Å². The lowest BCUT2D eigenvalue weighted by atomic mass is 9.95. The highest BCUT2D eigenvalue weighted by molar-refractivity contribution is 5.98. The molecule has 0 aliphatic carbocycles. The summed E-state index contributed by atoms with van der Waals surface area (Å²) in [6.07, 6.45) is 3.28. The number of likely N-dealkylation sites (tertiary alicyclic amines) is 2. The Labute approximate surface area is 211 Å². The van der Waals surface area contributed by atoms with Gasteiger partial charge in [-0.05, 0) is 93.9 Å². The van der Waals surface area contributed by atoms with Crippen LogP contribution in [0.1, 0.15) is 49.9 Å². The molecule has 0 radical (unpaired) electrons. The Morgan fingerprint density at radius 3 is 2.31 bits per heavy atom. The zero-order valence-corrected chi connectivity index (χ0v) is 21.1. The van der Waals surface area contributed by atoms with Crippen molar-refractivity contribution in [3.8, 4) is 11.1 Å². The SMILES string of the molecule is CC(C)(F)CN1CCC(CNc2ccc(-c3ccc(C(=O)N4CCC[C@H]4C(N)=O)c(F)c3)cc2)CC1. The number of amides is 2. The molecule has 0 bridgehead atoms. The number of alkyl halides is 1. The number of piperidine rings is 1. The molecule has 2 fully saturated rings. The summed E-state index contributed by atoms with van der Waals surface area (Å²) in [6.45, 7) is 6.84. The molecule has 8 heteroatoms. The Bertz CT molecular complexity index is 1080. The molecule has 0 aromatic heterocycles. The number of benzene rings is 2. The zero-order chi connectivity index (χ0) is 25.9. The minimum absolute atomic E-state index is 0.0497. The monoisotopic (exact) mass is 498 g/mol. The minimum Gasteiger partial charge on any atom is -0.385 e. The van der Waals surface area contributed by atoms with Crippen LogP contribution in [0, 0.1) is 11.7 Å². The zero-order valence-electron chi connectivity index (χ0n) is 21.1. The average molecular weight is 499 g/mol. The number of carbonyl (C=O) groups excluding carboxylic acids is 2. The molecule has 36 heavy (non-hydrogen) atoms. The molecule has 3 N–H and O–H groups in total. The number of nitrogens with one attached hydrogen (secondary N) is 1. The molecule has 2 amide bonds. The number of primary amides is 1. The van der Waals surface area contributed by atoms with Crippen LogP contribution < -0.4 is 11.1 Å². The summed E-state index contributed by atoms with van der Waals surface area (Å²) in [6, 6.07) is 11.7. The van der Waals surface area contributed by atoms with E-state index in [2.05, 4.69) is 10.2 Å². The molecular formula is C28H36F2N4O2. The standard InChI is InChI=1S/C28H36F2N4O2/c1-28(2,30)18-33-14-11-19(12-15-33)17-32-22-8-5-20(6-9-22)21-7-10-23(24(29)16-21)27(36)34-13-3-4-25(34)26(31)35/h5-10,16,19,25,32H,3-4,11-15,17-18H2,1-2H3,(H2,31,35)/t25-/m0/s1. The van der Waals surface area contributed by atoms with E-state index in [9.17, 15) is 18.4 Å². The number of nitrogens with two attached hydrogens (primary N) is 1. The summed E-state index contributed by atoms with van der Waals surface area (Å²) in [5.41, 5.74) is 6.70. The van der Waals surface area contributed by atoms with Gasteiger partial charge < -0.3 is 20.9 Å². The molecule has 1 atom stereocenters. The van der Waals surface area contributed by atoms with Gasteiger partial charge in [0.05, 0.1) is 5.56 Å². The van der Waals surface area contributed by atoms with Crippen molar-refractivity contribution in [2.24, 2.45) is 11.7 Å². The summed E-state index contributed by atoms with van der Waals surface area (Å²) in [7, 11) is 0. The van der Waals surface area contributed by atoms with Crippen molar-refractivity contribution in [1.82, 2.24) is 9.80 Å². The highest BCUT2D eigenvalue weighted by Crippen LogP contribution is 2.27. The quantitative estimate of drug-likeness (QED) is 0.564. The van der Waals surface area contributed by atoms with Crippen LogP contribution in [-0.4, -0.2) is 66.0 Å². The van der Waals surface area contributed by atoms with Gasteiger partial charge in [0, 0.05) is 25.3 Å². The van der Waals surface area contributed by atoms with Crippen molar-refractivity contribution in [3.05, 3.63) is 53.8 Å². The van der Waals surface area contributed by atoms with Crippen molar-refractivity contribution >= 4 is 17.5 Å². The van der Waals surface area contributed by atoms with E-state index in [-0.39, 0.29) is 5.56 Å². The molecule has 0 spiro atoms. The van der Waals surface area contributed by atoms with Crippen molar-refractivity contribution in [2.75, 3.05) is 38.0 Å². The normalized spacial score (nSPS) is 19.4. The van der Waals surface area contributed by atoms with Gasteiger partial charge in [-0.3, -0.25) is 9.59 Å². The van der Waals surface area contributed by atoms with Crippen LogP contribution in [0.2, 0.25) is 0 Å². The summed E-state index contributed by atoms with van der Waals surface area (Å²) in [4.78, 5) is 28.0. The summed E-state index contributed by atoms with van der Waals surface area (Å²) in [5, 5.41) is 3.48. The maximum absolute atomic E-state index is 14.9. The smallest absolute Gasteiger partial charge is 0.257 e. The molecule has 2 heterocycles. The minimum atomic E-state index is -1.16. The first-order valence-electron chi connectivity index (χ1n) is 12.8. The van der Waals surface area contributed by atoms with Crippen molar-refractivity contribution in [2.45, 2.75) is 51.2 Å². The number of nitrogens with zero attached hydrogens (tertiary/aromatic N) is 2. The van der Waals surface area contributed by atoms with E-state index in [1.807, 2.05) is 24.3 Å². The molecule has 4 rings (SSSR count). The number of hydrogen-bond donors (Lipinski definition) is 2. The fourth-order valence-corrected chi connectivity index (χ4v) is 5.25. The van der Waals surface area contributed by atoms with Gasteiger partial charge in [0.25, 0.3) is 5.91 Å². The van der Waals surface area contributed by atoms with Crippen LogP contribution in [0.15, 0.2) is 42.5 Å². The fraction of sp³-hybridized carbons (Fsp3) is 0.500. The van der Waals surface area contributed by atoms with E-state index in [4.69, 9.17) is 5.73 Å². The fourth-order valence-electron chi connectivity index (χ4n) is 5.25. The Balaban J connectivity index is 1.32.